The van der Waals surface area contributed by atoms with Crippen molar-refractivity contribution in [2.45, 2.75) is 32.7 Å². The summed E-state index contributed by atoms with van der Waals surface area (Å²) in [6.07, 6.45) is 2.97. The lowest BCUT2D eigenvalue weighted by molar-refractivity contribution is -0.154. The van der Waals surface area contributed by atoms with Crippen LogP contribution < -0.4 is 0 Å². The average Bonchev–Trinajstić information content (AvgIpc) is 3.08. The fraction of sp³-hybridized carbons (Fsp3) is 0.381. The summed E-state index contributed by atoms with van der Waals surface area (Å²) in [7, 11) is 0. The molecule has 1 aromatic carbocycles. The summed E-state index contributed by atoms with van der Waals surface area (Å²) in [5, 5.41) is 5.91. The molecule has 0 saturated heterocycles. The van der Waals surface area contributed by atoms with Gasteiger partial charge in [0.25, 0.3) is 5.91 Å². The van der Waals surface area contributed by atoms with Gasteiger partial charge in [-0.1, -0.05) is 36.8 Å². The van der Waals surface area contributed by atoms with Crippen LogP contribution in [0, 0.1) is 18.8 Å². The van der Waals surface area contributed by atoms with Crippen molar-refractivity contribution in [1.29, 1.82) is 0 Å². The Bertz CT molecular complexity index is 870. The Balaban J connectivity index is 1.51. The van der Waals surface area contributed by atoms with Gasteiger partial charge in [-0.05, 0) is 37.0 Å². The van der Waals surface area contributed by atoms with Gasteiger partial charge < -0.3 is 9.15 Å². The molecule has 27 heavy (non-hydrogen) atoms. The third kappa shape index (κ3) is 3.65. The molecule has 4 rings (SSSR count). The van der Waals surface area contributed by atoms with Gasteiger partial charge in [-0.2, -0.15) is 5.10 Å². The fourth-order valence-electron chi connectivity index (χ4n) is 3.32. The minimum Gasteiger partial charge on any atom is -0.467 e. The molecule has 1 aliphatic heterocycles. The Labute approximate surface area is 157 Å². The first kappa shape index (κ1) is 17.5. The number of hydrogen-bond donors (Lipinski definition) is 0. The van der Waals surface area contributed by atoms with Crippen LogP contribution in [0.3, 0.4) is 0 Å². The van der Waals surface area contributed by atoms with E-state index in [1.807, 2.05) is 44.2 Å². The SMILES string of the molecule is Cc1ccc(C2=NN(C(=O)COC(=O)[C@@H]3C[C@@H]3C)[C@H](c3ccco3)C2)cc1. The van der Waals surface area contributed by atoms with Crippen LogP contribution in [-0.2, 0) is 14.3 Å². The maximum atomic E-state index is 12.7. The highest BCUT2D eigenvalue weighted by Gasteiger charge is 2.41. The maximum absolute atomic E-state index is 12.7. The first-order valence-corrected chi connectivity index (χ1v) is 9.19. The van der Waals surface area contributed by atoms with Gasteiger partial charge in [-0.3, -0.25) is 9.59 Å². The van der Waals surface area contributed by atoms with E-state index in [0.29, 0.717) is 18.1 Å². The zero-order valence-corrected chi connectivity index (χ0v) is 15.4. The normalized spacial score (nSPS) is 23.9. The van der Waals surface area contributed by atoms with Crippen molar-refractivity contribution in [2.75, 3.05) is 6.61 Å². The zero-order chi connectivity index (χ0) is 19.0. The van der Waals surface area contributed by atoms with Gasteiger partial charge in [-0.25, -0.2) is 5.01 Å². The second kappa shape index (κ2) is 7.02. The summed E-state index contributed by atoms with van der Waals surface area (Å²) < 4.78 is 10.7. The van der Waals surface area contributed by atoms with E-state index in [0.717, 1.165) is 23.3 Å². The Hall–Kier alpha value is -2.89. The van der Waals surface area contributed by atoms with Crippen molar-refractivity contribution >= 4 is 17.6 Å². The summed E-state index contributed by atoms with van der Waals surface area (Å²) in [6, 6.07) is 11.3. The fourth-order valence-corrected chi connectivity index (χ4v) is 3.32. The Morgan fingerprint density at radius 3 is 2.63 bits per heavy atom. The van der Waals surface area contributed by atoms with Crippen LogP contribution in [0.25, 0.3) is 0 Å². The van der Waals surface area contributed by atoms with Crippen molar-refractivity contribution in [3.05, 3.63) is 59.5 Å². The molecule has 1 aromatic heterocycles. The Morgan fingerprint density at radius 2 is 2.00 bits per heavy atom. The smallest absolute Gasteiger partial charge is 0.309 e. The number of esters is 1. The lowest BCUT2D eigenvalue weighted by atomic mass is 10.0. The monoisotopic (exact) mass is 366 g/mol. The number of furan rings is 1. The van der Waals surface area contributed by atoms with Gasteiger partial charge in [-0.15, -0.1) is 0 Å². The summed E-state index contributed by atoms with van der Waals surface area (Å²) in [5.41, 5.74) is 2.94. The first-order valence-electron chi connectivity index (χ1n) is 9.19. The van der Waals surface area contributed by atoms with Crippen LogP contribution in [0.15, 0.2) is 52.2 Å². The Kier molecular flexibility index (Phi) is 4.56. The van der Waals surface area contributed by atoms with Crippen molar-refractivity contribution in [3.63, 3.8) is 0 Å². The summed E-state index contributed by atoms with van der Waals surface area (Å²) >= 11 is 0. The van der Waals surface area contributed by atoms with E-state index in [-0.39, 0.29) is 30.4 Å². The molecule has 0 bridgehead atoms. The molecule has 1 amide bonds. The van der Waals surface area contributed by atoms with Gasteiger partial charge in [0.05, 0.1) is 17.9 Å². The highest BCUT2D eigenvalue weighted by Crippen LogP contribution is 2.38. The summed E-state index contributed by atoms with van der Waals surface area (Å²) in [4.78, 5) is 24.6. The van der Waals surface area contributed by atoms with Gasteiger partial charge in [0, 0.05) is 6.42 Å². The molecule has 0 radical (unpaired) electrons. The van der Waals surface area contributed by atoms with E-state index in [1.165, 1.54) is 5.01 Å². The van der Waals surface area contributed by atoms with E-state index in [9.17, 15) is 9.59 Å². The molecule has 0 spiro atoms. The molecule has 0 unspecified atom stereocenters. The molecule has 1 saturated carbocycles. The van der Waals surface area contributed by atoms with Gasteiger partial charge in [0.1, 0.15) is 11.8 Å². The van der Waals surface area contributed by atoms with E-state index in [1.54, 1.807) is 12.3 Å². The molecule has 1 aliphatic carbocycles. The number of carbonyl (C=O) groups is 2. The predicted octanol–water partition coefficient (Wildman–Crippen LogP) is 3.46. The topological polar surface area (TPSA) is 72.1 Å². The molecule has 6 nitrogen and oxygen atoms in total. The van der Waals surface area contributed by atoms with Crippen LogP contribution in [0.4, 0.5) is 0 Å². The van der Waals surface area contributed by atoms with E-state index < -0.39 is 0 Å². The quantitative estimate of drug-likeness (QED) is 0.760. The van der Waals surface area contributed by atoms with E-state index in [4.69, 9.17) is 9.15 Å². The molecule has 0 N–H and O–H groups in total. The van der Waals surface area contributed by atoms with Crippen LogP contribution >= 0.6 is 0 Å². The largest absolute Gasteiger partial charge is 0.467 e. The van der Waals surface area contributed by atoms with Crippen LogP contribution in [0.1, 0.15) is 42.7 Å². The number of ether oxygens (including phenoxy) is 1. The number of carbonyl (C=O) groups excluding carboxylic acids is 2. The molecular formula is C21H22N2O4. The minimum absolute atomic E-state index is 0.0659. The highest BCUT2D eigenvalue weighted by molar-refractivity contribution is 6.03. The van der Waals surface area contributed by atoms with Crippen molar-refractivity contribution in [2.24, 2.45) is 16.9 Å². The molecule has 2 aromatic rings. The van der Waals surface area contributed by atoms with Crippen molar-refractivity contribution < 1.29 is 18.7 Å². The van der Waals surface area contributed by atoms with Crippen molar-refractivity contribution in [3.8, 4) is 0 Å². The number of aryl methyl sites for hydroxylation is 1. The summed E-state index contributed by atoms with van der Waals surface area (Å²) in [6.45, 7) is 3.72. The standard InChI is InChI=1S/C21H22N2O4/c1-13-5-7-15(8-6-13)17-11-18(19-4-3-9-26-19)23(22-17)20(24)12-27-21(25)16-10-14(16)2/h3-9,14,16,18H,10-12H2,1-2H3/t14-,16+,18-/m0/s1. The number of hydrazone groups is 1. The van der Waals surface area contributed by atoms with E-state index in [2.05, 4.69) is 5.10 Å². The molecule has 2 heterocycles. The third-order valence-electron chi connectivity index (χ3n) is 5.17. The van der Waals surface area contributed by atoms with Gasteiger partial charge in [0.2, 0.25) is 0 Å². The molecule has 1 fully saturated rings. The second-order valence-electron chi connectivity index (χ2n) is 7.31. The zero-order valence-electron chi connectivity index (χ0n) is 15.4. The summed E-state index contributed by atoms with van der Waals surface area (Å²) in [5.74, 6) is 0.300. The van der Waals surface area contributed by atoms with Crippen LogP contribution in [0.2, 0.25) is 0 Å². The number of amides is 1. The van der Waals surface area contributed by atoms with Gasteiger partial charge >= 0.3 is 5.97 Å². The Morgan fingerprint density at radius 1 is 1.26 bits per heavy atom. The first-order chi connectivity index (χ1) is 13.0. The lowest BCUT2D eigenvalue weighted by Crippen LogP contribution is -2.31. The number of benzene rings is 1. The number of hydrogen-bond acceptors (Lipinski definition) is 5. The van der Waals surface area contributed by atoms with Gasteiger partial charge in [0.15, 0.2) is 6.61 Å². The second-order valence-corrected chi connectivity index (χ2v) is 7.31. The van der Waals surface area contributed by atoms with E-state index >= 15 is 0 Å². The minimum atomic E-state index is -0.347. The lowest BCUT2D eigenvalue weighted by Gasteiger charge is -2.19. The molecule has 140 valence electrons. The van der Waals surface area contributed by atoms with Crippen LogP contribution in [-0.4, -0.2) is 29.2 Å². The van der Waals surface area contributed by atoms with Crippen molar-refractivity contribution in [1.82, 2.24) is 5.01 Å². The molecular weight excluding hydrogens is 344 g/mol. The maximum Gasteiger partial charge on any atom is 0.309 e. The third-order valence-corrected chi connectivity index (χ3v) is 5.17. The average molecular weight is 366 g/mol. The van der Waals surface area contributed by atoms with Crippen LogP contribution in [0.5, 0.6) is 0 Å². The highest BCUT2D eigenvalue weighted by atomic mass is 16.5. The molecule has 3 atom stereocenters. The number of nitrogens with zero attached hydrogens (tertiary/aromatic N) is 2. The molecule has 6 heteroatoms. The molecule has 2 aliphatic rings. The number of rotatable bonds is 5. The predicted molar refractivity (Wildman–Crippen MR) is 98.9 cm³/mol.